The molecular weight excluding hydrogens is 340 g/mol. The van der Waals surface area contributed by atoms with Gasteiger partial charge in [0.05, 0.1) is 4.92 Å². The fourth-order valence-corrected chi connectivity index (χ4v) is 3.66. The summed E-state index contributed by atoms with van der Waals surface area (Å²) in [6.07, 6.45) is 0. The molecule has 2 aliphatic rings. The van der Waals surface area contributed by atoms with Gasteiger partial charge < -0.3 is 15.8 Å². The minimum Gasteiger partial charge on any atom is -0.437 e. The van der Waals surface area contributed by atoms with Crippen molar-refractivity contribution in [1.82, 2.24) is 9.78 Å². The van der Waals surface area contributed by atoms with Gasteiger partial charge in [0.15, 0.2) is 11.2 Å². The molecule has 0 fully saturated rings. The maximum absolute atomic E-state index is 13.1. The van der Waals surface area contributed by atoms with Gasteiger partial charge in [-0.05, 0) is 13.0 Å². The molecule has 26 heavy (non-hydrogen) atoms. The van der Waals surface area contributed by atoms with E-state index in [9.17, 15) is 20.2 Å². The minimum absolute atomic E-state index is 0.134. The Hall–Kier alpha value is -3.87. The van der Waals surface area contributed by atoms with Gasteiger partial charge in [-0.15, -0.1) is 0 Å². The van der Waals surface area contributed by atoms with Crippen LogP contribution in [0.25, 0.3) is 0 Å². The van der Waals surface area contributed by atoms with Crippen LogP contribution in [0.15, 0.2) is 29.7 Å². The Kier molecular flexibility index (Phi) is 2.90. The lowest BCUT2D eigenvalue weighted by Gasteiger charge is -2.32. The smallest absolute Gasteiger partial charge is 0.269 e. The number of nitrogens with two attached hydrogens (primary N) is 1. The Morgan fingerprint density at radius 2 is 2.23 bits per heavy atom. The van der Waals surface area contributed by atoms with E-state index >= 15 is 0 Å². The van der Waals surface area contributed by atoms with E-state index in [1.165, 1.54) is 22.9 Å². The SMILES string of the molecule is Cc1nn(C)c2c1OC(N)=C(C#N)C21C(=O)Nc2ccc([N+](=O)[O-])cc21. The van der Waals surface area contributed by atoms with E-state index in [4.69, 9.17) is 10.5 Å². The molecule has 2 aliphatic heterocycles. The normalized spacial score (nSPS) is 20.3. The summed E-state index contributed by atoms with van der Waals surface area (Å²) in [5.74, 6) is -0.510. The van der Waals surface area contributed by atoms with Gasteiger partial charge in [0.1, 0.15) is 23.0 Å². The van der Waals surface area contributed by atoms with Crippen molar-refractivity contribution >= 4 is 17.3 Å². The Morgan fingerprint density at radius 3 is 2.88 bits per heavy atom. The van der Waals surface area contributed by atoms with Crippen LogP contribution in [0.5, 0.6) is 5.75 Å². The molecule has 0 bridgehead atoms. The monoisotopic (exact) mass is 352 g/mol. The number of aromatic nitrogens is 2. The third kappa shape index (κ3) is 1.63. The van der Waals surface area contributed by atoms with Gasteiger partial charge in [0, 0.05) is 30.4 Å². The van der Waals surface area contributed by atoms with Crippen LogP contribution in [-0.4, -0.2) is 20.6 Å². The van der Waals surface area contributed by atoms with Gasteiger partial charge in [0.25, 0.3) is 5.69 Å². The highest BCUT2D eigenvalue weighted by molar-refractivity contribution is 6.12. The molecule has 1 spiro atoms. The molecule has 0 radical (unpaired) electrons. The summed E-state index contributed by atoms with van der Waals surface area (Å²) in [6, 6.07) is 5.93. The number of hydrogen-bond donors (Lipinski definition) is 2. The molecule has 130 valence electrons. The number of anilines is 1. The standard InChI is InChI=1S/C16H12N6O4/c1-7-12-13(21(2)20-7)16(10(6-17)14(18)26-12)9-5-8(22(24)25)3-4-11(9)19-15(16)23/h3-5H,18H2,1-2H3,(H,19,23). The summed E-state index contributed by atoms with van der Waals surface area (Å²) < 4.78 is 6.98. The molecule has 0 aliphatic carbocycles. The summed E-state index contributed by atoms with van der Waals surface area (Å²) in [5.41, 5.74) is 5.35. The number of ether oxygens (including phenoxy) is 1. The second-order valence-corrected chi connectivity index (χ2v) is 6.03. The van der Waals surface area contributed by atoms with Crippen molar-refractivity contribution in [3.8, 4) is 11.8 Å². The van der Waals surface area contributed by atoms with Crippen LogP contribution >= 0.6 is 0 Å². The number of aryl methyl sites for hydroxylation is 2. The number of hydrogen-bond acceptors (Lipinski definition) is 7. The maximum atomic E-state index is 13.1. The second-order valence-electron chi connectivity index (χ2n) is 6.03. The number of nitrogens with zero attached hydrogens (tertiary/aromatic N) is 4. The van der Waals surface area contributed by atoms with E-state index < -0.39 is 16.2 Å². The van der Waals surface area contributed by atoms with E-state index in [2.05, 4.69) is 10.4 Å². The molecule has 3 N–H and O–H groups in total. The summed E-state index contributed by atoms with van der Waals surface area (Å²) in [5, 5.41) is 27.9. The number of nitro groups is 1. The molecule has 4 rings (SSSR count). The number of non-ortho nitro benzene ring substituents is 1. The number of carbonyl (C=O) groups is 1. The van der Waals surface area contributed by atoms with Crippen LogP contribution in [0.2, 0.25) is 0 Å². The summed E-state index contributed by atoms with van der Waals surface area (Å²) in [6.45, 7) is 1.68. The molecule has 1 atom stereocenters. The van der Waals surface area contributed by atoms with Crippen molar-refractivity contribution in [3.63, 3.8) is 0 Å². The van der Waals surface area contributed by atoms with Crippen LogP contribution in [0.1, 0.15) is 17.0 Å². The number of amides is 1. The molecule has 10 nitrogen and oxygen atoms in total. The third-order valence-corrected chi connectivity index (χ3v) is 4.67. The highest BCUT2D eigenvalue weighted by atomic mass is 16.6. The summed E-state index contributed by atoms with van der Waals surface area (Å²) in [7, 11) is 1.61. The molecule has 1 aromatic heterocycles. The van der Waals surface area contributed by atoms with Crippen molar-refractivity contribution in [2.45, 2.75) is 12.3 Å². The molecule has 1 unspecified atom stereocenters. The first kappa shape index (κ1) is 15.6. The number of rotatable bonds is 1. The van der Waals surface area contributed by atoms with E-state index in [0.29, 0.717) is 17.1 Å². The zero-order valence-electron chi connectivity index (χ0n) is 13.7. The number of nitrogens with one attached hydrogen (secondary N) is 1. The van der Waals surface area contributed by atoms with Gasteiger partial charge in [-0.2, -0.15) is 10.4 Å². The average molecular weight is 352 g/mol. The Bertz CT molecular complexity index is 1090. The van der Waals surface area contributed by atoms with Gasteiger partial charge in [0.2, 0.25) is 11.8 Å². The van der Waals surface area contributed by atoms with Crippen molar-refractivity contribution in [2.75, 3.05) is 5.32 Å². The second kappa shape index (κ2) is 4.82. The number of nitro benzene ring substituents is 1. The highest BCUT2D eigenvalue weighted by Gasteiger charge is 2.59. The molecule has 1 amide bonds. The Morgan fingerprint density at radius 1 is 1.50 bits per heavy atom. The molecule has 2 aromatic rings. The van der Waals surface area contributed by atoms with Crippen LogP contribution in [0.3, 0.4) is 0 Å². The van der Waals surface area contributed by atoms with Crippen molar-refractivity contribution < 1.29 is 14.5 Å². The van der Waals surface area contributed by atoms with E-state index in [0.717, 1.165) is 0 Å². The fourth-order valence-electron chi connectivity index (χ4n) is 3.66. The first-order chi connectivity index (χ1) is 12.3. The molecule has 0 saturated carbocycles. The molecular formula is C16H12N6O4. The van der Waals surface area contributed by atoms with Crippen LogP contribution in [0.4, 0.5) is 11.4 Å². The zero-order valence-corrected chi connectivity index (χ0v) is 13.7. The molecule has 1 aromatic carbocycles. The van der Waals surface area contributed by atoms with Crippen molar-refractivity contribution in [3.05, 3.63) is 56.7 Å². The summed E-state index contributed by atoms with van der Waals surface area (Å²) in [4.78, 5) is 23.8. The largest absolute Gasteiger partial charge is 0.437 e. The van der Waals surface area contributed by atoms with Crippen molar-refractivity contribution in [1.29, 1.82) is 5.26 Å². The number of nitriles is 1. The quantitative estimate of drug-likeness (QED) is 0.573. The maximum Gasteiger partial charge on any atom is 0.269 e. The Labute approximate surface area is 146 Å². The fraction of sp³-hybridized carbons (Fsp3) is 0.188. The van der Waals surface area contributed by atoms with Crippen LogP contribution in [0, 0.1) is 28.4 Å². The van der Waals surface area contributed by atoms with Gasteiger partial charge in [-0.3, -0.25) is 19.6 Å². The third-order valence-electron chi connectivity index (χ3n) is 4.67. The van der Waals surface area contributed by atoms with E-state index in [1.807, 2.05) is 6.07 Å². The van der Waals surface area contributed by atoms with Crippen LogP contribution in [-0.2, 0) is 17.3 Å². The number of fused-ring (bicyclic) bond motifs is 4. The molecule has 3 heterocycles. The predicted octanol–water partition coefficient (Wildman–Crippen LogP) is 0.961. The van der Waals surface area contributed by atoms with Gasteiger partial charge in [-0.1, -0.05) is 0 Å². The van der Waals surface area contributed by atoms with Crippen molar-refractivity contribution in [2.24, 2.45) is 12.8 Å². The van der Waals surface area contributed by atoms with Gasteiger partial charge in [-0.25, -0.2) is 0 Å². The van der Waals surface area contributed by atoms with Crippen LogP contribution < -0.4 is 15.8 Å². The lowest BCUT2D eigenvalue weighted by Crippen LogP contribution is -2.43. The zero-order chi connectivity index (χ0) is 18.8. The number of benzene rings is 1. The topological polar surface area (TPSA) is 149 Å². The van der Waals surface area contributed by atoms with Gasteiger partial charge >= 0.3 is 0 Å². The Balaban J connectivity index is 2.17. The first-order valence-corrected chi connectivity index (χ1v) is 7.55. The first-order valence-electron chi connectivity index (χ1n) is 7.55. The lowest BCUT2D eigenvalue weighted by molar-refractivity contribution is -0.384. The summed E-state index contributed by atoms with van der Waals surface area (Å²) >= 11 is 0. The molecule has 10 heteroatoms. The number of carbonyl (C=O) groups excluding carboxylic acids is 1. The highest BCUT2D eigenvalue weighted by Crippen LogP contribution is 2.54. The average Bonchev–Trinajstić information content (AvgIpc) is 3.02. The predicted molar refractivity (Wildman–Crippen MR) is 87.9 cm³/mol. The van der Waals surface area contributed by atoms with E-state index in [1.54, 1.807) is 14.0 Å². The lowest BCUT2D eigenvalue weighted by atomic mass is 9.71. The van der Waals surface area contributed by atoms with E-state index in [-0.39, 0.29) is 28.5 Å². The molecule has 0 saturated heterocycles. The minimum atomic E-state index is -1.66.